The maximum absolute atomic E-state index is 13.9. The lowest BCUT2D eigenvalue weighted by molar-refractivity contribution is 0.158. The van der Waals surface area contributed by atoms with Crippen LogP contribution in [0.4, 0.5) is 4.39 Å². The molecule has 4 nitrogen and oxygen atoms in total. The van der Waals surface area contributed by atoms with Crippen molar-refractivity contribution in [3.63, 3.8) is 0 Å². The Bertz CT molecular complexity index is 1360. The van der Waals surface area contributed by atoms with Crippen LogP contribution in [0.15, 0.2) is 54.6 Å². The molecule has 0 saturated carbocycles. The average Bonchev–Trinajstić information content (AvgIpc) is 3.20. The number of fused-ring (bicyclic) bond motifs is 6. The van der Waals surface area contributed by atoms with E-state index in [-0.39, 0.29) is 5.82 Å². The first-order chi connectivity index (χ1) is 16.1. The molecule has 4 aromatic rings. The molecule has 1 unspecified atom stereocenters. The third-order valence-corrected chi connectivity index (χ3v) is 7.18. The summed E-state index contributed by atoms with van der Waals surface area (Å²) in [6, 6.07) is 18.4. The summed E-state index contributed by atoms with van der Waals surface area (Å²) >= 11 is 0. The van der Waals surface area contributed by atoms with Crippen LogP contribution >= 0.6 is 0 Å². The van der Waals surface area contributed by atoms with Crippen molar-refractivity contribution < 1.29 is 13.9 Å². The lowest BCUT2D eigenvalue weighted by Crippen LogP contribution is -2.39. The lowest BCUT2D eigenvalue weighted by atomic mass is 9.85. The zero-order valence-corrected chi connectivity index (χ0v) is 19.0. The Morgan fingerprint density at radius 2 is 1.97 bits per heavy atom. The van der Waals surface area contributed by atoms with Crippen molar-refractivity contribution in [2.45, 2.75) is 39.0 Å². The van der Waals surface area contributed by atoms with Gasteiger partial charge in [-0.05, 0) is 71.8 Å². The Morgan fingerprint density at radius 3 is 2.82 bits per heavy atom. The Kier molecular flexibility index (Phi) is 4.88. The van der Waals surface area contributed by atoms with Gasteiger partial charge in [0.15, 0.2) is 11.5 Å². The van der Waals surface area contributed by atoms with E-state index in [0.717, 1.165) is 37.2 Å². The van der Waals surface area contributed by atoms with E-state index in [1.807, 2.05) is 6.07 Å². The Morgan fingerprint density at radius 1 is 1.09 bits per heavy atom. The van der Waals surface area contributed by atoms with Crippen LogP contribution in [-0.2, 0) is 26.0 Å². The summed E-state index contributed by atoms with van der Waals surface area (Å²) in [6.45, 7) is 4.02. The minimum absolute atomic E-state index is 0.206. The predicted molar refractivity (Wildman–Crippen MR) is 127 cm³/mol. The number of hydrogen-bond donors (Lipinski definition) is 1. The second-order valence-electron chi connectivity index (χ2n) is 9.14. The van der Waals surface area contributed by atoms with Gasteiger partial charge in [0.25, 0.3) is 0 Å². The van der Waals surface area contributed by atoms with Crippen LogP contribution < -0.4 is 9.47 Å². The number of hydrogen-bond acceptors (Lipinski definition) is 3. The maximum atomic E-state index is 13.9. The number of ether oxygens (including phenoxy) is 2. The Balaban J connectivity index is 1.31. The quantitative estimate of drug-likeness (QED) is 0.430. The van der Waals surface area contributed by atoms with Crippen molar-refractivity contribution in [1.29, 1.82) is 0 Å². The molecule has 2 aliphatic rings. The Labute approximate surface area is 192 Å². The molecule has 0 bridgehead atoms. The smallest absolute Gasteiger partial charge is 0.161 e. The molecule has 0 saturated heterocycles. The molecule has 6 rings (SSSR count). The summed E-state index contributed by atoms with van der Waals surface area (Å²) in [5.74, 6) is 1.24. The molecule has 2 aliphatic heterocycles. The van der Waals surface area contributed by atoms with E-state index >= 15 is 0 Å². The number of nitrogens with zero attached hydrogens (tertiary/aromatic N) is 1. The third-order valence-electron chi connectivity index (χ3n) is 7.18. The summed E-state index contributed by atoms with van der Waals surface area (Å²) < 4.78 is 25.8. The molecule has 1 N–H and O–H groups in total. The van der Waals surface area contributed by atoms with Gasteiger partial charge in [-0.2, -0.15) is 0 Å². The van der Waals surface area contributed by atoms with Crippen LogP contribution in [-0.4, -0.2) is 23.5 Å². The van der Waals surface area contributed by atoms with Gasteiger partial charge in [-0.25, -0.2) is 4.39 Å². The second-order valence-corrected chi connectivity index (χ2v) is 9.14. The number of aromatic amines is 1. The van der Waals surface area contributed by atoms with Gasteiger partial charge in [0.2, 0.25) is 0 Å². The van der Waals surface area contributed by atoms with Crippen LogP contribution in [0.1, 0.15) is 39.6 Å². The normalized spacial score (nSPS) is 17.4. The summed E-state index contributed by atoms with van der Waals surface area (Å²) in [6.07, 6.45) is 1.96. The van der Waals surface area contributed by atoms with Gasteiger partial charge in [0.05, 0.1) is 7.11 Å². The molecule has 0 fully saturated rings. The number of nitrogens with one attached hydrogen (secondary N) is 1. The fourth-order valence-corrected chi connectivity index (χ4v) is 5.37. The monoisotopic (exact) mass is 442 g/mol. The molecule has 168 valence electrons. The molecule has 0 spiro atoms. The molecule has 5 heteroatoms. The van der Waals surface area contributed by atoms with Gasteiger partial charge < -0.3 is 14.5 Å². The number of aromatic nitrogens is 1. The second kappa shape index (κ2) is 7.92. The van der Waals surface area contributed by atoms with Gasteiger partial charge in [-0.3, -0.25) is 4.90 Å². The first kappa shape index (κ1) is 20.3. The maximum Gasteiger partial charge on any atom is 0.161 e. The molecule has 0 amide bonds. The number of methoxy groups -OCH3 is 1. The van der Waals surface area contributed by atoms with E-state index < -0.39 is 0 Å². The molecule has 1 aromatic heterocycles. The number of para-hydroxylation sites is 1. The van der Waals surface area contributed by atoms with E-state index in [1.165, 1.54) is 33.3 Å². The highest BCUT2D eigenvalue weighted by atomic mass is 19.1. The van der Waals surface area contributed by atoms with E-state index in [9.17, 15) is 4.39 Å². The summed E-state index contributed by atoms with van der Waals surface area (Å²) in [4.78, 5) is 6.20. The highest BCUT2D eigenvalue weighted by Gasteiger charge is 2.34. The minimum Gasteiger partial charge on any atom is -0.493 e. The molecule has 0 aliphatic carbocycles. The summed E-state index contributed by atoms with van der Waals surface area (Å²) in [5.41, 5.74) is 8.07. The minimum atomic E-state index is -0.206. The molecular formula is C28H27FN2O2. The SMILES string of the molecule is COc1cc2c(cc1OCc1ccc(C)c(F)c1)CCN1Cc3[nH]c4ccccc4c3CC21. The summed E-state index contributed by atoms with van der Waals surface area (Å²) in [7, 11) is 1.68. The topological polar surface area (TPSA) is 37.5 Å². The zero-order chi connectivity index (χ0) is 22.5. The van der Waals surface area contributed by atoms with Crippen molar-refractivity contribution in [2.75, 3.05) is 13.7 Å². The molecule has 3 heterocycles. The number of halogens is 1. The number of benzene rings is 3. The van der Waals surface area contributed by atoms with Crippen molar-refractivity contribution in [3.8, 4) is 11.5 Å². The zero-order valence-electron chi connectivity index (χ0n) is 19.0. The highest BCUT2D eigenvalue weighted by Crippen LogP contribution is 2.44. The van der Waals surface area contributed by atoms with Crippen molar-refractivity contribution in [1.82, 2.24) is 9.88 Å². The van der Waals surface area contributed by atoms with E-state index in [4.69, 9.17) is 9.47 Å². The first-order valence-electron chi connectivity index (χ1n) is 11.5. The van der Waals surface area contributed by atoms with Crippen LogP contribution in [0, 0.1) is 12.7 Å². The fourth-order valence-electron chi connectivity index (χ4n) is 5.37. The average molecular weight is 443 g/mol. The standard InChI is InChI=1S/C28H27FN2O2/c1-17-7-8-18(11-23(17)29)16-33-28-12-19-9-10-31-15-25-22(20-5-3-4-6-24(20)30-25)13-26(31)21(19)14-27(28)32-2/h3-8,11-12,14,26,30H,9-10,13,15-16H2,1-2H3. The van der Waals surface area contributed by atoms with E-state index in [0.29, 0.717) is 24.0 Å². The van der Waals surface area contributed by atoms with Crippen molar-refractivity contribution in [3.05, 3.63) is 93.9 Å². The molecule has 33 heavy (non-hydrogen) atoms. The first-order valence-corrected chi connectivity index (χ1v) is 11.5. The van der Waals surface area contributed by atoms with Crippen molar-refractivity contribution in [2.24, 2.45) is 0 Å². The van der Waals surface area contributed by atoms with E-state index in [2.05, 4.69) is 46.3 Å². The number of H-pyrrole nitrogens is 1. The van der Waals surface area contributed by atoms with Gasteiger partial charge in [0, 0.05) is 35.7 Å². The van der Waals surface area contributed by atoms with E-state index in [1.54, 1.807) is 26.2 Å². The highest BCUT2D eigenvalue weighted by molar-refractivity contribution is 5.85. The van der Waals surface area contributed by atoms with Gasteiger partial charge in [-0.15, -0.1) is 0 Å². The molecule has 1 atom stereocenters. The lowest BCUT2D eigenvalue weighted by Gasteiger charge is -2.40. The van der Waals surface area contributed by atoms with Crippen LogP contribution in [0.5, 0.6) is 11.5 Å². The summed E-state index contributed by atoms with van der Waals surface area (Å²) in [5, 5.41) is 1.33. The van der Waals surface area contributed by atoms with Gasteiger partial charge in [-0.1, -0.05) is 30.3 Å². The van der Waals surface area contributed by atoms with Crippen LogP contribution in [0.2, 0.25) is 0 Å². The Hall–Kier alpha value is -3.31. The predicted octanol–water partition coefficient (Wildman–Crippen LogP) is 5.86. The molecule has 0 radical (unpaired) electrons. The van der Waals surface area contributed by atoms with Crippen LogP contribution in [0.25, 0.3) is 10.9 Å². The largest absolute Gasteiger partial charge is 0.493 e. The third kappa shape index (κ3) is 3.47. The fraction of sp³-hybridized carbons (Fsp3) is 0.286. The molecular weight excluding hydrogens is 415 g/mol. The van der Waals surface area contributed by atoms with Crippen LogP contribution in [0.3, 0.4) is 0 Å². The van der Waals surface area contributed by atoms with Gasteiger partial charge in [0.1, 0.15) is 12.4 Å². The van der Waals surface area contributed by atoms with Gasteiger partial charge >= 0.3 is 0 Å². The molecule has 3 aromatic carbocycles. The number of aryl methyl sites for hydroxylation is 1. The van der Waals surface area contributed by atoms with Crippen molar-refractivity contribution >= 4 is 10.9 Å². The number of rotatable bonds is 4.